The number of benzene rings is 1. The Bertz CT molecular complexity index is 662. The molecule has 0 saturated carbocycles. The van der Waals surface area contributed by atoms with Gasteiger partial charge in [-0.2, -0.15) is 5.26 Å². The zero-order chi connectivity index (χ0) is 15.5. The standard InChI is InChI=1S/C13H17N3O3S/c1-9(7-14)8-16(2)13(17)10-4-11(15)6-12(5-10)20(3,18)19/h4-6,9H,8,15H2,1-3H3. The van der Waals surface area contributed by atoms with Crippen LogP contribution in [-0.2, 0) is 9.84 Å². The van der Waals surface area contributed by atoms with Crippen LogP contribution in [0, 0.1) is 17.2 Å². The minimum atomic E-state index is -3.44. The highest BCUT2D eigenvalue weighted by Crippen LogP contribution is 2.18. The molecule has 7 heteroatoms. The van der Waals surface area contributed by atoms with Crippen molar-refractivity contribution in [1.29, 1.82) is 5.26 Å². The lowest BCUT2D eigenvalue weighted by atomic mass is 10.1. The predicted octanol–water partition coefficient (Wildman–Crippen LogP) is 0.904. The molecule has 1 rings (SSSR count). The Labute approximate surface area is 118 Å². The number of rotatable bonds is 4. The summed E-state index contributed by atoms with van der Waals surface area (Å²) < 4.78 is 23.1. The van der Waals surface area contributed by atoms with Gasteiger partial charge in [0.05, 0.1) is 16.9 Å². The highest BCUT2D eigenvalue weighted by Gasteiger charge is 2.17. The number of sulfone groups is 1. The van der Waals surface area contributed by atoms with Crippen LogP contribution in [0.25, 0.3) is 0 Å². The van der Waals surface area contributed by atoms with E-state index in [1.165, 1.54) is 23.1 Å². The summed E-state index contributed by atoms with van der Waals surface area (Å²) in [5.74, 6) is -0.677. The number of nitrogens with two attached hydrogens (primary N) is 1. The first-order valence-electron chi connectivity index (χ1n) is 5.91. The molecule has 1 amide bonds. The number of anilines is 1. The molecule has 6 nitrogen and oxygen atoms in total. The average Bonchev–Trinajstić information content (AvgIpc) is 2.35. The largest absolute Gasteiger partial charge is 0.399 e. The van der Waals surface area contributed by atoms with Crippen molar-refractivity contribution in [2.45, 2.75) is 11.8 Å². The van der Waals surface area contributed by atoms with Gasteiger partial charge in [-0.15, -0.1) is 0 Å². The summed E-state index contributed by atoms with van der Waals surface area (Å²) in [7, 11) is -1.88. The zero-order valence-electron chi connectivity index (χ0n) is 11.6. The quantitative estimate of drug-likeness (QED) is 0.831. The van der Waals surface area contributed by atoms with E-state index < -0.39 is 9.84 Å². The van der Waals surface area contributed by atoms with Crippen molar-refractivity contribution in [3.8, 4) is 6.07 Å². The predicted molar refractivity (Wildman–Crippen MR) is 75.7 cm³/mol. The molecule has 0 fully saturated rings. The van der Waals surface area contributed by atoms with Crippen LogP contribution in [0.4, 0.5) is 5.69 Å². The third-order valence-electron chi connectivity index (χ3n) is 2.72. The van der Waals surface area contributed by atoms with Crippen LogP contribution < -0.4 is 5.73 Å². The summed E-state index contributed by atoms with van der Waals surface area (Å²) in [6.45, 7) is 1.96. The van der Waals surface area contributed by atoms with Crippen LogP contribution in [0.2, 0.25) is 0 Å². The number of hydrogen-bond donors (Lipinski definition) is 1. The van der Waals surface area contributed by atoms with E-state index in [2.05, 4.69) is 0 Å². The molecule has 0 aliphatic rings. The Morgan fingerprint density at radius 1 is 1.45 bits per heavy atom. The Hall–Kier alpha value is -2.07. The molecule has 0 aliphatic heterocycles. The summed E-state index contributed by atoms with van der Waals surface area (Å²) in [5, 5.41) is 8.74. The molecule has 0 bridgehead atoms. The van der Waals surface area contributed by atoms with Gasteiger partial charge in [0.2, 0.25) is 0 Å². The van der Waals surface area contributed by atoms with E-state index in [-0.39, 0.29) is 34.5 Å². The molecule has 0 saturated heterocycles. The van der Waals surface area contributed by atoms with Crippen molar-refractivity contribution >= 4 is 21.4 Å². The molecule has 2 N–H and O–H groups in total. The maximum atomic E-state index is 12.2. The summed E-state index contributed by atoms with van der Waals surface area (Å²) in [5.41, 5.74) is 6.03. The number of nitrogen functional groups attached to an aromatic ring is 1. The monoisotopic (exact) mass is 295 g/mol. The lowest BCUT2D eigenvalue weighted by Crippen LogP contribution is -2.30. The van der Waals surface area contributed by atoms with Crippen LogP contribution in [-0.4, -0.2) is 39.1 Å². The van der Waals surface area contributed by atoms with Gasteiger partial charge in [-0.3, -0.25) is 4.79 Å². The minimum absolute atomic E-state index is 0.00239. The molecule has 1 atom stereocenters. The zero-order valence-corrected chi connectivity index (χ0v) is 12.4. The second-order valence-corrected chi connectivity index (χ2v) is 6.79. The molecule has 108 valence electrons. The smallest absolute Gasteiger partial charge is 0.253 e. The van der Waals surface area contributed by atoms with Gasteiger partial charge in [0, 0.05) is 31.1 Å². The normalized spacial score (nSPS) is 12.5. The molecular formula is C13H17N3O3S. The number of hydrogen-bond acceptors (Lipinski definition) is 5. The van der Waals surface area contributed by atoms with Gasteiger partial charge < -0.3 is 10.6 Å². The van der Waals surface area contributed by atoms with Crippen LogP contribution >= 0.6 is 0 Å². The first-order chi connectivity index (χ1) is 9.15. The van der Waals surface area contributed by atoms with E-state index in [1.807, 2.05) is 6.07 Å². The fourth-order valence-corrected chi connectivity index (χ4v) is 2.41. The summed E-state index contributed by atoms with van der Waals surface area (Å²) in [6, 6.07) is 6.06. The number of carbonyl (C=O) groups excluding carboxylic acids is 1. The average molecular weight is 295 g/mol. The van der Waals surface area contributed by atoms with E-state index in [0.717, 1.165) is 6.26 Å². The molecule has 1 unspecified atom stereocenters. The third-order valence-corrected chi connectivity index (χ3v) is 3.81. The Kier molecular flexibility index (Phi) is 4.73. The SMILES string of the molecule is CC(C#N)CN(C)C(=O)c1cc(N)cc(S(C)(=O)=O)c1. The summed E-state index contributed by atoms with van der Waals surface area (Å²) in [6.07, 6.45) is 1.05. The lowest BCUT2D eigenvalue weighted by Gasteiger charge is -2.18. The Morgan fingerprint density at radius 3 is 2.55 bits per heavy atom. The van der Waals surface area contributed by atoms with Gasteiger partial charge in [-0.1, -0.05) is 0 Å². The van der Waals surface area contributed by atoms with E-state index >= 15 is 0 Å². The second kappa shape index (κ2) is 5.92. The number of nitrogens with zero attached hydrogens (tertiary/aromatic N) is 2. The topological polar surface area (TPSA) is 104 Å². The van der Waals surface area contributed by atoms with Crippen molar-refractivity contribution in [2.75, 3.05) is 25.6 Å². The van der Waals surface area contributed by atoms with E-state index in [9.17, 15) is 13.2 Å². The van der Waals surface area contributed by atoms with Crippen molar-refractivity contribution in [3.05, 3.63) is 23.8 Å². The first-order valence-corrected chi connectivity index (χ1v) is 7.80. The lowest BCUT2D eigenvalue weighted by molar-refractivity contribution is 0.0785. The van der Waals surface area contributed by atoms with Crippen LogP contribution in [0.1, 0.15) is 17.3 Å². The van der Waals surface area contributed by atoms with Gasteiger partial charge in [-0.05, 0) is 25.1 Å². The van der Waals surface area contributed by atoms with Crippen molar-refractivity contribution in [2.24, 2.45) is 5.92 Å². The van der Waals surface area contributed by atoms with Gasteiger partial charge in [0.25, 0.3) is 5.91 Å². The van der Waals surface area contributed by atoms with Gasteiger partial charge >= 0.3 is 0 Å². The first kappa shape index (κ1) is 16.0. The molecule has 20 heavy (non-hydrogen) atoms. The van der Waals surface area contributed by atoms with E-state index in [4.69, 9.17) is 11.0 Å². The maximum Gasteiger partial charge on any atom is 0.253 e. The molecule has 1 aromatic rings. The number of amides is 1. The number of carbonyl (C=O) groups is 1. The van der Waals surface area contributed by atoms with Crippen molar-refractivity contribution in [3.63, 3.8) is 0 Å². The highest BCUT2D eigenvalue weighted by molar-refractivity contribution is 7.90. The fourth-order valence-electron chi connectivity index (χ4n) is 1.71. The van der Waals surface area contributed by atoms with Crippen molar-refractivity contribution < 1.29 is 13.2 Å². The molecule has 0 radical (unpaired) electrons. The Morgan fingerprint density at radius 2 is 2.05 bits per heavy atom. The van der Waals surface area contributed by atoms with Gasteiger partial charge in [0.1, 0.15) is 0 Å². The maximum absolute atomic E-state index is 12.2. The van der Waals surface area contributed by atoms with Gasteiger partial charge in [0.15, 0.2) is 9.84 Å². The third kappa shape index (κ3) is 3.96. The highest BCUT2D eigenvalue weighted by atomic mass is 32.2. The number of nitriles is 1. The summed E-state index contributed by atoms with van der Waals surface area (Å²) in [4.78, 5) is 13.6. The van der Waals surface area contributed by atoms with E-state index in [0.29, 0.717) is 0 Å². The molecule has 0 aromatic heterocycles. The minimum Gasteiger partial charge on any atom is -0.399 e. The Balaban J connectivity index is 3.12. The van der Waals surface area contributed by atoms with Crippen LogP contribution in [0.3, 0.4) is 0 Å². The van der Waals surface area contributed by atoms with Crippen LogP contribution in [0.15, 0.2) is 23.1 Å². The molecule has 0 aliphatic carbocycles. The van der Waals surface area contributed by atoms with Gasteiger partial charge in [-0.25, -0.2) is 8.42 Å². The molecule has 1 aromatic carbocycles. The fraction of sp³-hybridized carbons (Fsp3) is 0.385. The summed E-state index contributed by atoms with van der Waals surface area (Å²) >= 11 is 0. The van der Waals surface area contributed by atoms with Crippen LogP contribution in [0.5, 0.6) is 0 Å². The molecule has 0 heterocycles. The molecule has 0 spiro atoms. The van der Waals surface area contributed by atoms with Crippen molar-refractivity contribution in [1.82, 2.24) is 4.90 Å². The van der Waals surface area contributed by atoms with E-state index in [1.54, 1.807) is 14.0 Å². The second-order valence-electron chi connectivity index (χ2n) is 4.78. The molecular weight excluding hydrogens is 278 g/mol.